The molecule has 2 aliphatic carbocycles. The number of nitrogens with zero attached hydrogens (tertiary/aromatic N) is 5. The quantitative estimate of drug-likeness (QED) is 0.114. The molecule has 272 valence electrons. The van der Waals surface area contributed by atoms with Crippen LogP contribution in [0.1, 0.15) is 80.5 Å². The van der Waals surface area contributed by atoms with Crippen molar-refractivity contribution in [2.75, 3.05) is 31.6 Å². The molecule has 7 rings (SSSR count). The Hall–Kier alpha value is -4.14. The highest BCUT2D eigenvalue weighted by atomic mass is 16.6. The highest BCUT2D eigenvalue weighted by molar-refractivity contribution is 5.83. The summed E-state index contributed by atoms with van der Waals surface area (Å²) >= 11 is 0. The van der Waals surface area contributed by atoms with Crippen molar-refractivity contribution < 1.29 is 24.9 Å². The Balaban J connectivity index is 1.09. The molecule has 13 heteroatoms. The molecule has 1 aliphatic heterocycles. The molecule has 2 aromatic heterocycles. The number of urea groups is 1. The number of rotatable bonds is 14. The summed E-state index contributed by atoms with van der Waals surface area (Å²) < 4.78 is 7.37. The topological polar surface area (TPSA) is 170 Å². The van der Waals surface area contributed by atoms with Crippen LogP contribution >= 0.6 is 0 Å². The zero-order valence-corrected chi connectivity index (χ0v) is 29.0. The van der Waals surface area contributed by atoms with Crippen molar-refractivity contribution in [3.63, 3.8) is 0 Å². The average Bonchev–Trinajstić information content (AvgIpc) is 4.00. The summed E-state index contributed by atoms with van der Waals surface area (Å²) in [5.41, 5.74) is 3.08. The molecule has 2 saturated carbocycles. The molecule has 13 nitrogen and oxygen atoms in total. The van der Waals surface area contributed by atoms with Crippen LogP contribution in [0, 0.1) is 0 Å². The van der Waals surface area contributed by atoms with E-state index >= 15 is 0 Å². The van der Waals surface area contributed by atoms with E-state index in [0.717, 1.165) is 17.7 Å². The zero-order valence-electron chi connectivity index (χ0n) is 29.0. The van der Waals surface area contributed by atoms with E-state index in [0.29, 0.717) is 48.0 Å². The van der Waals surface area contributed by atoms with Gasteiger partial charge < -0.3 is 36.0 Å². The Morgan fingerprint density at radius 2 is 1.51 bits per heavy atom. The van der Waals surface area contributed by atoms with E-state index in [-0.39, 0.29) is 18.5 Å². The van der Waals surface area contributed by atoms with Gasteiger partial charge in [-0.3, -0.25) is 9.47 Å². The standard InChI is InChI=1S/C38H50N8O5/c47-23-30-33(48)34(49)37(51-30)46-24-42-32-35(40-21-29(25-11-3-1-4-12-25)26-13-5-2-6-14-26)43-31(44-36(32)46)22-41-38(50)39-19-20-45(27-15-7-8-16-27)28-17-9-10-18-28/h1-6,11-14,24,27-30,33-34,37,47-49H,7-10,15-23H2,(H2,39,41,50)(H,40,43,44). The van der Waals surface area contributed by atoms with Crippen LogP contribution < -0.4 is 16.0 Å². The number of amides is 2. The van der Waals surface area contributed by atoms with E-state index < -0.39 is 31.1 Å². The number of aromatic nitrogens is 4. The van der Waals surface area contributed by atoms with Crippen LogP contribution in [-0.4, -0.2) is 102 Å². The molecule has 3 heterocycles. The van der Waals surface area contributed by atoms with Crippen LogP contribution in [0.4, 0.5) is 10.6 Å². The Morgan fingerprint density at radius 3 is 2.10 bits per heavy atom. The number of aliphatic hydroxyl groups excluding tert-OH is 3. The summed E-state index contributed by atoms with van der Waals surface area (Å²) in [7, 11) is 0. The minimum absolute atomic E-state index is 0.000308. The van der Waals surface area contributed by atoms with Crippen LogP contribution in [0.5, 0.6) is 0 Å². The first kappa shape index (κ1) is 35.3. The number of ether oxygens (including phenoxy) is 1. The molecule has 3 aliphatic rings. The second-order valence-corrected chi connectivity index (χ2v) is 14.0. The maximum atomic E-state index is 13.1. The third-order valence-corrected chi connectivity index (χ3v) is 10.8. The SMILES string of the molecule is O=C(NCCN(C1CCCC1)C1CCCC1)NCc1nc(NCC(c2ccccc2)c2ccccc2)c2ncn(C3OC(CO)C(O)C3O)c2n1. The Bertz CT molecular complexity index is 1660. The molecular weight excluding hydrogens is 648 g/mol. The zero-order chi connectivity index (χ0) is 35.2. The summed E-state index contributed by atoms with van der Waals surface area (Å²) in [6.07, 6.45) is 7.04. The summed E-state index contributed by atoms with van der Waals surface area (Å²) in [5.74, 6) is 0.798. The predicted octanol–water partition coefficient (Wildman–Crippen LogP) is 3.67. The molecule has 4 atom stereocenters. The molecule has 4 aromatic rings. The van der Waals surface area contributed by atoms with Crippen molar-refractivity contribution in [3.8, 4) is 0 Å². The number of fused-ring (bicyclic) bond motifs is 1. The predicted molar refractivity (Wildman–Crippen MR) is 193 cm³/mol. The third-order valence-electron chi connectivity index (χ3n) is 10.8. The van der Waals surface area contributed by atoms with E-state index in [2.05, 4.69) is 50.1 Å². The third kappa shape index (κ3) is 8.02. The molecule has 1 saturated heterocycles. The van der Waals surface area contributed by atoms with Crippen molar-refractivity contribution in [1.82, 2.24) is 35.1 Å². The van der Waals surface area contributed by atoms with E-state index in [1.54, 1.807) is 4.57 Å². The number of nitrogens with one attached hydrogen (secondary N) is 3. The van der Waals surface area contributed by atoms with Gasteiger partial charge in [-0.15, -0.1) is 0 Å². The van der Waals surface area contributed by atoms with Gasteiger partial charge in [-0.1, -0.05) is 86.3 Å². The smallest absolute Gasteiger partial charge is 0.315 e. The van der Waals surface area contributed by atoms with Gasteiger partial charge in [-0.05, 0) is 36.8 Å². The number of hydrogen-bond acceptors (Lipinski definition) is 10. The maximum Gasteiger partial charge on any atom is 0.315 e. The second kappa shape index (κ2) is 16.5. The Morgan fingerprint density at radius 1 is 0.882 bits per heavy atom. The molecule has 2 amide bonds. The number of anilines is 1. The monoisotopic (exact) mass is 698 g/mol. The van der Waals surface area contributed by atoms with Crippen molar-refractivity contribution in [2.45, 2.75) is 100 Å². The van der Waals surface area contributed by atoms with Gasteiger partial charge in [0, 0.05) is 37.6 Å². The normalized spacial score (nSPS) is 22.8. The lowest BCUT2D eigenvalue weighted by molar-refractivity contribution is -0.0511. The van der Waals surface area contributed by atoms with Gasteiger partial charge in [0.1, 0.15) is 18.3 Å². The lowest BCUT2D eigenvalue weighted by Gasteiger charge is -2.34. The van der Waals surface area contributed by atoms with Crippen LogP contribution in [0.25, 0.3) is 11.2 Å². The Labute approximate surface area is 298 Å². The largest absolute Gasteiger partial charge is 0.394 e. The summed E-state index contributed by atoms with van der Waals surface area (Å²) in [4.78, 5) is 29.8. The fraction of sp³-hybridized carbons (Fsp3) is 0.526. The first-order valence-corrected chi connectivity index (χ1v) is 18.5. The number of carbonyl (C=O) groups is 1. The van der Waals surface area contributed by atoms with E-state index in [4.69, 9.17) is 14.7 Å². The maximum absolute atomic E-state index is 13.1. The van der Waals surface area contributed by atoms with Crippen LogP contribution in [0.3, 0.4) is 0 Å². The molecule has 6 N–H and O–H groups in total. The summed E-state index contributed by atoms with van der Waals surface area (Å²) in [5, 5.41) is 40.5. The summed E-state index contributed by atoms with van der Waals surface area (Å²) in [6, 6.07) is 21.4. The minimum Gasteiger partial charge on any atom is -0.394 e. The van der Waals surface area contributed by atoms with E-state index in [1.807, 2.05) is 36.4 Å². The lowest BCUT2D eigenvalue weighted by atomic mass is 9.91. The molecule has 3 fully saturated rings. The highest BCUT2D eigenvalue weighted by Gasteiger charge is 2.44. The van der Waals surface area contributed by atoms with Crippen LogP contribution in [0.15, 0.2) is 67.0 Å². The molecule has 0 radical (unpaired) electrons. The van der Waals surface area contributed by atoms with Gasteiger partial charge >= 0.3 is 6.03 Å². The first-order valence-electron chi connectivity index (χ1n) is 18.5. The van der Waals surface area contributed by atoms with Crippen molar-refractivity contribution in [1.29, 1.82) is 0 Å². The second-order valence-electron chi connectivity index (χ2n) is 14.0. The number of hydrogen-bond donors (Lipinski definition) is 6. The highest BCUT2D eigenvalue weighted by Crippen LogP contribution is 2.34. The van der Waals surface area contributed by atoms with Gasteiger partial charge in [0.2, 0.25) is 0 Å². The van der Waals surface area contributed by atoms with Crippen molar-refractivity contribution in [3.05, 3.63) is 83.9 Å². The van der Waals surface area contributed by atoms with Gasteiger partial charge in [-0.25, -0.2) is 19.7 Å². The first-order chi connectivity index (χ1) is 25.0. The summed E-state index contributed by atoms with van der Waals surface area (Å²) in [6.45, 7) is 1.49. The van der Waals surface area contributed by atoms with Crippen molar-refractivity contribution in [2.24, 2.45) is 0 Å². The number of aliphatic hydroxyl groups is 3. The number of benzene rings is 2. The molecule has 51 heavy (non-hydrogen) atoms. The van der Waals surface area contributed by atoms with Crippen LogP contribution in [-0.2, 0) is 11.3 Å². The number of imidazole rings is 1. The Kier molecular flexibility index (Phi) is 11.4. The van der Waals surface area contributed by atoms with Gasteiger partial charge in [0.05, 0.1) is 19.5 Å². The number of carbonyl (C=O) groups excluding carboxylic acids is 1. The molecule has 0 bridgehead atoms. The fourth-order valence-electron chi connectivity index (χ4n) is 8.11. The lowest BCUT2D eigenvalue weighted by Crippen LogP contribution is -2.46. The van der Waals surface area contributed by atoms with Gasteiger partial charge in [-0.2, -0.15) is 0 Å². The van der Waals surface area contributed by atoms with Gasteiger partial charge in [0.25, 0.3) is 0 Å². The van der Waals surface area contributed by atoms with Crippen molar-refractivity contribution >= 4 is 23.0 Å². The van der Waals surface area contributed by atoms with E-state index in [9.17, 15) is 20.1 Å². The molecular formula is C38H50N8O5. The van der Waals surface area contributed by atoms with E-state index in [1.165, 1.54) is 57.7 Å². The average molecular weight is 699 g/mol. The molecule has 2 aromatic carbocycles. The molecule has 4 unspecified atom stereocenters. The minimum atomic E-state index is -1.31. The molecule has 0 spiro atoms. The fourth-order valence-corrected chi connectivity index (χ4v) is 8.11. The van der Waals surface area contributed by atoms with Crippen LogP contribution in [0.2, 0.25) is 0 Å². The van der Waals surface area contributed by atoms with Gasteiger partial charge in [0.15, 0.2) is 29.0 Å².